The summed E-state index contributed by atoms with van der Waals surface area (Å²) in [6, 6.07) is 6.93. The largest absolute Gasteiger partial charge is 0.339 e. The van der Waals surface area contributed by atoms with Crippen LogP contribution in [0.3, 0.4) is 0 Å². The molecule has 0 aromatic heterocycles. The molecule has 1 atom stereocenters. The van der Waals surface area contributed by atoms with Crippen LogP contribution >= 0.6 is 0 Å². The van der Waals surface area contributed by atoms with Gasteiger partial charge in [0.05, 0.1) is 11.3 Å². The molecule has 1 aliphatic heterocycles. The minimum atomic E-state index is -0.398. The van der Waals surface area contributed by atoms with Crippen LogP contribution in [-0.4, -0.2) is 28.3 Å². The summed E-state index contributed by atoms with van der Waals surface area (Å²) in [5.74, 6) is 0.674. The second-order valence-electron chi connectivity index (χ2n) is 6.76. The first kappa shape index (κ1) is 16.0. The van der Waals surface area contributed by atoms with Crippen molar-refractivity contribution in [3.8, 4) is 0 Å². The normalized spacial score (nSPS) is 22.3. The molecular weight excluding hydrogens is 292 g/mol. The molecule has 1 aromatic rings. The number of carbonyl (C=O) groups is 1. The lowest BCUT2D eigenvalue weighted by atomic mass is 9.83. The summed E-state index contributed by atoms with van der Waals surface area (Å²) < 4.78 is 0. The minimum absolute atomic E-state index is 0.0485. The monoisotopic (exact) mass is 316 g/mol. The number of nitro benzene ring substituents is 1. The van der Waals surface area contributed by atoms with Crippen LogP contribution in [0.2, 0.25) is 0 Å². The number of benzene rings is 1. The van der Waals surface area contributed by atoms with Crippen LogP contribution < -0.4 is 0 Å². The number of hydrogen-bond acceptors (Lipinski definition) is 3. The molecule has 23 heavy (non-hydrogen) atoms. The van der Waals surface area contributed by atoms with Crippen LogP contribution in [-0.2, 0) is 11.2 Å². The first-order valence-electron chi connectivity index (χ1n) is 8.68. The summed E-state index contributed by atoms with van der Waals surface area (Å²) in [5, 5.41) is 11.1. The zero-order valence-electron chi connectivity index (χ0n) is 13.4. The average Bonchev–Trinajstić information content (AvgIpc) is 3.05. The Kier molecular flexibility index (Phi) is 4.94. The predicted molar refractivity (Wildman–Crippen MR) is 88.1 cm³/mol. The maximum Gasteiger partial charge on any atom is 0.273 e. The number of likely N-dealkylation sites (tertiary alicyclic amines) is 1. The first-order chi connectivity index (χ1) is 11.2. The highest BCUT2D eigenvalue weighted by molar-refractivity contribution is 5.80. The fourth-order valence-corrected chi connectivity index (χ4v) is 4.21. The van der Waals surface area contributed by atoms with Gasteiger partial charge in [0.25, 0.3) is 5.69 Å². The Hall–Kier alpha value is -1.91. The molecule has 1 saturated carbocycles. The van der Waals surface area contributed by atoms with Crippen molar-refractivity contribution in [3.05, 3.63) is 39.9 Å². The van der Waals surface area contributed by atoms with E-state index in [1.165, 1.54) is 38.2 Å². The second kappa shape index (κ2) is 7.11. The molecule has 2 fully saturated rings. The van der Waals surface area contributed by atoms with Gasteiger partial charge in [-0.3, -0.25) is 14.9 Å². The molecule has 2 aliphatic rings. The van der Waals surface area contributed by atoms with Gasteiger partial charge in [-0.15, -0.1) is 0 Å². The molecule has 1 aliphatic carbocycles. The molecule has 0 bridgehead atoms. The van der Waals surface area contributed by atoms with Gasteiger partial charge in [-0.2, -0.15) is 0 Å². The summed E-state index contributed by atoms with van der Waals surface area (Å²) in [5.41, 5.74) is 0.575. The summed E-state index contributed by atoms with van der Waals surface area (Å²) in [6.45, 7) is 0.806. The summed E-state index contributed by atoms with van der Waals surface area (Å²) in [6.07, 6.45) is 8.59. The van der Waals surface area contributed by atoms with Crippen LogP contribution in [0.5, 0.6) is 0 Å². The molecule has 5 heteroatoms. The van der Waals surface area contributed by atoms with E-state index in [9.17, 15) is 14.9 Å². The highest BCUT2D eigenvalue weighted by Gasteiger charge is 2.35. The summed E-state index contributed by atoms with van der Waals surface area (Å²) in [7, 11) is 0. The van der Waals surface area contributed by atoms with Crippen molar-refractivity contribution >= 4 is 11.6 Å². The standard InChI is InChI=1S/C18H24N2O3/c21-18(13-15-9-4-5-10-17(15)20(22)23)19-12-6-11-16(19)14-7-2-1-3-8-14/h4-5,9-10,14,16H,1-3,6-8,11-13H2. The minimum Gasteiger partial charge on any atom is -0.339 e. The average molecular weight is 316 g/mol. The lowest BCUT2D eigenvalue weighted by molar-refractivity contribution is -0.385. The van der Waals surface area contributed by atoms with Crippen molar-refractivity contribution < 1.29 is 9.72 Å². The van der Waals surface area contributed by atoms with Crippen molar-refractivity contribution in [2.75, 3.05) is 6.54 Å². The molecule has 0 radical (unpaired) electrons. The molecule has 1 aromatic carbocycles. The molecule has 1 unspecified atom stereocenters. The fourth-order valence-electron chi connectivity index (χ4n) is 4.21. The lowest BCUT2D eigenvalue weighted by Crippen LogP contribution is -2.41. The molecule has 124 valence electrons. The molecule has 5 nitrogen and oxygen atoms in total. The molecule has 1 amide bonds. The Balaban J connectivity index is 1.71. The van der Waals surface area contributed by atoms with Gasteiger partial charge in [-0.05, 0) is 31.6 Å². The van der Waals surface area contributed by atoms with E-state index in [0.29, 0.717) is 17.5 Å². The van der Waals surface area contributed by atoms with Crippen molar-refractivity contribution in [2.24, 2.45) is 5.92 Å². The zero-order chi connectivity index (χ0) is 16.2. The third-order valence-corrected chi connectivity index (χ3v) is 5.34. The number of carbonyl (C=O) groups excluding carboxylic acids is 1. The van der Waals surface area contributed by atoms with Crippen LogP contribution in [0.1, 0.15) is 50.5 Å². The smallest absolute Gasteiger partial charge is 0.273 e. The first-order valence-corrected chi connectivity index (χ1v) is 8.68. The van der Waals surface area contributed by atoms with Gasteiger partial charge in [0, 0.05) is 24.2 Å². The van der Waals surface area contributed by atoms with E-state index in [2.05, 4.69) is 0 Å². The maximum absolute atomic E-state index is 12.7. The van der Waals surface area contributed by atoms with Crippen LogP contribution in [0.4, 0.5) is 5.69 Å². The summed E-state index contributed by atoms with van der Waals surface area (Å²) >= 11 is 0. The molecular formula is C18H24N2O3. The number of nitro groups is 1. The molecule has 1 heterocycles. The van der Waals surface area contributed by atoms with Gasteiger partial charge in [-0.25, -0.2) is 0 Å². The Morgan fingerprint density at radius 2 is 1.87 bits per heavy atom. The number of para-hydroxylation sites is 1. The Morgan fingerprint density at radius 3 is 2.61 bits per heavy atom. The summed E-state index contributed by atoms with van der Waals surface area (Å²) in [4.78, 5) is 25.5. The van der Waals surface area contributed by atoms with Crippen LogP contribution in [0.25, 0.3) is 0 Å². The van der Waals surface area contributed by atoms with E-state index < -0.39 is 4.92 Å². The van der Waals surface area contributed by atoms with Gasteiger partial charge in [0.2, 0.25) is 5.91 Å². The van der Waals surface area contributed by atoms with E-state index in [1.807, 2.05) is 4.90 Å². The van der Waals surface area contributed by atoms with Crippen LogP contribution in [0.15, 0.2) is 24.3 Å². The van der Waals surface area contributed by atoms with Gasteiger partial charge >= 0.3 is 0 Å². The quantitative estimate of drug-likeness (QED) is 0.628. The van der Waals surface area contributed by atoms with Gasteiger partial charge in [-0.1, -0.05) is 37.5 Å². The molecule has 0 spiro atoms. The molecule has 1 saturated heterocycles. The number of amides is 1. The lowest BCUT2D eigenvalue weighted by Gasteiger charge is -2.34. The van der Waals surface area contributed by atoms with Gasteiger partial charge < -0.3 is 4.90 Å². The predicted octanol–water partition coefficient (Wildman–Crippen LogP) is 3.71. The zero-order valence-corrected chi connectivity index (χ0v) is 13.4. The van der Waals surface area contributed by atoms with Crippen LogP contribution in [0, 0.1) is 16.0 Å². The van der Waals surface area contributed by atoms with Crippen molar-refractivity contribution in [2.45, 2.75) is 57.4 Å². The third kappa shape index (κ3) is 3.54. The van der Waals surface area contributed by atoms with E-state index in [1.54, 1.807) is 18.2 Å². The Bertz CT molecular complexity index is 581. The SMILES string of the molecule is O=C(Cc1ccccc1[N+](=O)[O-])N1CCCC1C1CCCCC1. The third-order valence-electron chi connectivity index (χ3n) is 5.34. The van der Waals surface area contributed by atoms with Gasteiger partial charge in [0.1, 0.15) is 0 Å². The van der Waals surface area contributed by atoms with E-state index >= 15 is 0 Å². The van der Waals surface area contributed by atoms with E-state index in [0.717, 1.165) is 19.4 Å². The fraction of sp³-hybridized carbons (Fsp3) is 0.611. The van der Waals surface area contributed by atoms with Crippen molar-refractivity contribution in [1.82, 2.24) is 4.90 Å². The number of rotatable bonds is 4. The number of nitrogens with zero attached hydrogens (tertiary/aromatic N) is 2. The van der Waals surface area contributed by atoms with E-state index in [4.69, 9.17) is 0 Å². The highest BCUT2D eigenvalue weighted by Crippen LogP contribution is 2.34. The topological polar surface area (TPSA) is 63.4 Å². The van der Waals surface area contributed by atoms with Crippen molar-refractivity contribution in [1.29, 1.82) is 0 Å². The van der Waals surface area contributed by atoms with Gasteiger partial charge in [0.15, 0.2) is 0 Å². The number of hydrogen-bond donors (Lipinski definition) is 0. The molecule has 3 rings (SSSR count). The Labute approximate surface area is 136 Å². The van der Waals surface area contributed by atoms with E-state index in [-0.39, 0.29) is 18.0 Å². The Morgan fingerprint density at radius 1 is 1.13 bits per heavy atom. The van der Waals surface area contributed by atoms with Crippen molar-refractivity contribution in [3.63, 3.8) is 0 Å². The second-order valence-corrected chi connectivity index (χ2v) is 6.76. The molecule has 0 N–H and O–H groups in total. The maximum atomic E-state index is 12.7. The highest BCUT2D eigenvalue weighted by atomic mass is 16.6.